The number of benzene rings is 3. The highest BCUT2D eigenvalue weighted by Gasteiger charge is 2.39. The highest BCUT2D eigenvalue weighted by Crippen LogP contribution is 2.34. The van der Waals surface area contributed by atoms with Crippen molar-refractivity contribution in [1.82, 2.24) is 25.5 Å². The fourth-order valence-corrected chi connectivity index (χ4v) is 5.85. The number of nitrogens with zero attached hydrogens (tertiary/aromatic N) is 5. The van der Waals surface area contributed by atoms with Crippen LogP contribution in [0.4, 0.5) is 22.1 Å². The molecule has 1 fully saturated rings. The Morgan fingerprint density at radius 2 is 1.70 bits per heavy atom. The van der Waals surface area contributed by atoms with Crippen LogP contribution in [0.15, 0.2) is 72.8 Å². The molecule has 3 N–H and O–H groups in total. The maximum Gasteiger partial charge on any atom is 0.326 e. The van der Waals surface area contributed by atoms with Gasteiger partial charge in [0.15, 0.2) is 0 Å². The number of tetrazole rings is 1. The lowest BCUT2D eigenvalue weighted by Gasteiger charge is -2.24. The molecule has 2 heterocycles. The molecule has 0 spiro atoms. The van der Waals surface area contributed by atoms with Crippen molar-refractivity contribution in [2.24, 2.45) is 5.92 Å². The molecule has 0 radical (unpaired) electrons. The monoisotopic (exact) mass is 616 g/mol. The van der Waals surface area contributed by atoms with E-state index in [0.717, 1.165) is 36.8 Å². The van der Waals surface area contributed by atoms with Crippen LogP contribution in [-0.2, 0) is 6.54 Å². The molecule has 7 rings (SSSR count). The van der Waals surface area contributed by atoms with E-state index in [1.807, 2.05) is 24.3 Å². The number of rotatable bonds is 9. The van der Waals surface area contributed by atoms with Crippen LogP contribution in [0.2, 0.25) is 0 Å². The van der Waals surface area contributed by atoms with Crippen molar-refractivity contribution in [3.8, 4) is 0 Å². The van der Waals surface area contributed by atoms with E-state index in [1.54, 1.807) is 47.4 Å². The summed E-state index contributed by atoms with van der Waals surface area (Å²) in [5.74, 6) is -0.553. The Hall–Kier alpha value is -5.65. The molecule has 0 saturated heterocycles. The zero-order valence-electron chi connectivity index (χ0n) is 25.0. The van der Waals surface area contributed by atoms with Crippen LogP contribution in [0.1, 0.15) is 80.7 Å². The topological polar surface area (TPSA) is 153 Å². The first-order valence-electron chi connectivity index (χ1n) is 15.4. The third-order valence-electron chi connectivity index (χ3n) is 8.57. The first kappa shape index (κ1) is 29.1. The lowest BCUT2D eigenvalue weighted by Crippen LogP contribution is -2.34. The molecule has 232 valence electrons. The number of hydrogen-bond acceptors (Lipinski definition) is 7. The van der Waals surface area contributed by atoms with Crippen molar-refractivity contribution in [1.29, 1.82) is 0 Å². The molecule has 0 unspecified atom stereocenters. The van der Waals surface area contributed by atoms with E-state index in [-0.39, 0.29) is 24.3 Å². The number of anilines is 3. The molecule has 5 amide bonds. The minimum absolute atomic E-state index is 0.0672. The van der Waals surface area contributed by atoms with Gasteiger partial charge in [-0.05, 0) is 109 Å². The van der Waals surface area contributed by atoms with Crippen molar-refractivity contribution in [2.75, 3.05) is 22.1 Å². The van der Waals surface area contributed by atoms with Crippen LogP contribution in [0, 0.1) is 5.92 Å². The van der Waals surface area contributed by atoms with E-state index in [0.29, 0.717) is 40.5 Å². The van der Waals surface area contributed by atoms with Crippen LogP contribution in [0.3, 0.4) is 0 Å². The maximum absolute atomic E-state index is 13.9. The second-order valence-electron chi connectivity index (χ2n) is 11.8. The van der Waals surface area contributed by atoms with Crippen molar-refractivity contribution in [3.63, 3.8) is 0 Å². The second kappa shape index (κ2) is 12.4. The number of imide groups is 1. The predicted molar refractivity (Wildman–Crippen MR) is 171 cm³/mol. The molecule has 3 aliphatic rings. The number of urea groups is 1. The van der Waals surface area contributed by atoms with Crippen LogP contribution in [-0.4, -0.2) is 55.8 Å². The van der Waals surface area contributed by atoms with Gasteiger partial charge in [0, 0.05) is 23.5 Å². The van der Waals surface area contributed by atoms with Gasteiger partial charge < -0.3 is 5.32 Å². The molecule has 46 heavy (non-hydrogen) atoms. The zero-order valence-corrected chi connectivity index (χ0v) is 25.0. The number of aromatic nitrogens is 4. The minimum Gasteiger partial charge on any atom is -0.308 e. The summed E-state index contributed by atoms with van der Waals surface area (Å²) in [6, 6.07) is 19.2. The molecule has 0 atom stereocenters. The van der Waals surface area contributed by atoms with Crippen LogP contribution in [0.5, 0.6) is 0 Å². The number of amides is 5. The Morgan fingerprint density at radius 3 is 2.39 bits per heavy atom. The highest BCUT2D eigenvalue weighted by atomic mass is 16.2. The molecule has 3 aromatic carbocycles. The average molecular weight is 617 g/mol. The van der Waals surface area contributed by atoms with Gasteiger partial charge in [0.05, 0.1) is 17.7 Å². The van der Waals surface area contributed by atoms with E-state index in [2.05, 4.69) is 37.3 Å². The fourth-order valence-electron chi connectivity index (χ4n) is 5.85. The standard InChI is InChI=1S/C34H32N8O4/c43-30(36-33-37-39-40-38-33)25-10-8-22(9-11-25)19-41(27-15-12-24(13-16-27)23-4-2-1-3-5-23)34(46)35-26-14-17-28-29(18-26)32(45)42(31(28)44)20-21-6-7-21/h4,8-18,21H,1-3,5-7,19-20H2,(H,35,46)(H2,36,37,38,39,40,43). The number of carbonyl (C=O) groups excluding carboxylic acids is 4. The second-order valence-corrected chi connectivity index (χ2v) is 11.8. The first-order valence-corrected chi connectivity index (χ1v) is 15.4. The zero-order chi connectivity index (χ0) is 31.6. The summed E-state index contributed by atoms with van der Waals surface area (Å²) in [6.45, 7) is 0.643. The van der Waals surface area contributed by atoms with Crippen molar-refractivity contribution < 1.29 is 19.2 Å². The lowest BCUT2D eigenvalue weighted by molar-refractivity contribution is 0.0646. The maximum atomic E-state index is 13.9. The van der Waals surface area contributed by atoms with E-state index >= 15 is 0 Å². The molecule has 12 heteroatoms. The molecular formula is C34H32N8O4. The predicted octanol–water partition coefficient (Wildman–Crippen LogP) is 5.65. The third kappa shape index (κ3) is 6.14. The number of aromatic amines is 1. The van der Waals surface area contributed by atoms with Crippen molar-refractivity contribution in [3.05, 3.63) is 101 Å². The van der Waals surface area contributed by atoms with Gasteiger partial charge in [-0.3, -0.25) is 29.5 Å². The largest absolute Gasteiger partial charge is 0.326 e. The normalized spacial score (nSPS) is 15.7. The molecule has 2 aliphatic carbocycles. The number of fused-ring (bicyclic) bond motifs is 1. The molecular weight excluding hydrogens is 584 g/mol. The average Bonchev–Trinajstić information content (AvgIpc) is 3.71. The Morgan fingerprint density at radius 1 is 0.913 bits per heavy atom. The van der Waals surface area contributed by atoms with E-state index in [9.17, 15) is 19.2 Å². The van der Waals surface area contributed by atoms with E-state index < -0.39 is 11.9 Å². The summed E-state index contributed by atoms with van der Waals surface area (Å²) in [7, 11) is 0. The van der Waals surface area contributed by atoms with Gasteiger partial charge in [-0.25, -0.2) is 4.79 Å². The quantitative estimate of drug-likeness (QED) is 0.205. The Bertz CT molecular complexity index is 1830. The third-order valence-corrected chi connectivity index (χ3v) is 8.57. The molecule has 4 aromatic rings. The Balaban J connectivity index is 1.12. The van der Waals surface area contributed by atoms with Gasteiger partial charge in [0.2, 0.25) is 0 Å². The molecule has 12 nitrogen and oxygen atoms in total. The minimum atomic E-state index is -0.407. The number of nitrogens with one attached hydrogen (secondary N) is 3. The number of hydrogen-bond donors (Lipinski definition) is 3. The molecule has 1 saturated carbocycles. The van der Waals surface area contributed by atoms with Gasteiger partial charge in [-0.2, -0.15) is 5.21 Å². The Labute approximate surface area is 264 Å². The summed E-state index contributed by atoms with van der Waals surface area (Å²) in [6.07, 6.45) is 8.81. The molecule has 0 bridgehead atoms. The highest BCUT2D eigenvalue weighted by molar-refractivity contribution is 6.22. The summed E-state index contributed by atoms with van der Waals surface area (Å²) < 4.78 is 0. The van der Waals surface area contributed by atoms with Gasteiger partial charge in [0.1, 0.15) is 0 Å². The van der Waals surface area contributed by atoms with Gasteiger partial charge in [-0.1, -0.05) is 35.4 Å². The fraction of sp³-hybridized carbons (Fsp3) is 0.265. The number of carbonyl (C=O) groups is 4. The summed E-state index contributed by atoms with van der Waals surface area (Å²) in [5.41, 5.74) is 5.39. The van der Waals surface area contributed by atoms with Gasteiger partial charge >= 0.3 is 6.03 Å². The van der Waals surface area contributed by atoms with E-state index in [4.69, 9.17) is 0 Å². The van der Waals surface area contributed by atoms with Crippen LogP contribution in [0.25, 0.3) is 5.57 Å². The summed E-state index contributed by atoms with van der Waals surface area (Å²) >= 11 is 0. The van der Waals surface area contributed by atoms with Crippen LogP contribution < -0.4 is 15.5 Å². The summed E-state index contributed by atoms with van der Waals surface area (Å²) in [4.78, 5) is 55.3. The van der Waals surface area contributed by atoms with Gasteiger partial charge in [0.25, 0.3) is 23.7 Å². The first-order chi connectivity index (χ1) is 22.4. The SMILES string of the molecule is O=C(Nc1nn[nH]n1)c1ccc(CN(C(=O)Nc2ccc3c(c2)C(=O)N(CC2CC2)C3=O)c2ccc(C3=CCCCC3)cc2)cc1. The lowest BCUT2D eigenvalue weighted by atomic mass is 9.93. The van der Waals surface area contributed by atoms with E-state index in [1.165, 1.54) is 23.3 Å². The molecule has 1 aromatic heterocycles. The van der Waals surface area contributed by atoms with Gasteiger partial charge in [-0.15, -0.1) is 5.10 Å². The number of H-pyrrole nitrogens is 1. The molecule has 1 aliphatic heterocycles. The smallest absolute Gasteiger partial charge is 0.308 e. The van der Waals surface area contributed by atoms with Crippen molar-refractivity contribution in [2.45, 2.75) is 45.1 Å². The Kier molecular flexibility index (Phi) is 7.83. The number of allylic oxidation sites excluding steroid dienone is 2. The summed E-state index contributed by atoms with van der Waals surface area (Å²) in [5, 5.41) is 18.7. The van der Waals surface area contributed by atoms with Crippen molar-refractivity contribution >= 4 is 46.6 Å². The van der Waals surface area contributed by atoms with Crippen LogP contribution >= 0.6 is 0 Å².